The summed E-state index contributed by atoms with van der Waals surface area (Å²) in [6, 6.07) is 7.02. The van der Waals surface area contributed by atoms with Crippen LogP contribution < -0.4 is 5.32 Å². The summed E-state index contributed by atoms with van der Waals surface area (Å²) in [5, 5.41) is 3.61. The highest BCUT2D eigenvalue weighted by Gasteiger charge is 2.06. The molecule has 16 heavy (non-hydrogen) atoms. The first-order chi connectivity index (χ1) is 7.50. The Hall–Kier alpha value is -0.980. The molecule has 0 amide bonds. The standard InChI is InChI=1S/C15H25N/c1-11(2)9-10-13(4)16-15-8-6-7-12(3)14(15)5/h6-8,11,13,16H,9-10H2,1-5H3. The molecule has 0 bridgehead atoms. The van der Waals surface area contributed by atoms with Gasteiger partial charge in [0.05, 0.1) is 0 Å². The lowest BCUT2D eigenvalue weighted by atomic mass is 10.0. The summed E-state index contributed by atoms with van der Waals surface area (Å²) >= 11 is 0. The van der Waals surface area contributed by atoms with Crippen LogP contribution in [0.2, 0.25) is 0 Å². The third-order valence-corrected chi connectivity index (χ3v) is 3.18. The van der Waals surface area contributed by atoms with Crippen LogP contribution in [0.15, 0.2) is 18.2 Å². The van der Waals surface area contributed by atoms with Gasteiger partial charge in [0.2, 0.25) is 0 Å². The quantitative estimate of drug-likeness (QED) is 0.766. The zero-order chi connectivity index (χ0) is 12.1. The van der Waals surface area contributed by atoms with Crippen LogP contribution in [0, 0.1) is 19.8 Å². The Morgan fingerprint density at radius 1 is 1.06 bits per heavy atom. The first-order valence-corrected chi connectivity index (χ1v) is 6.33. The lowest BCUT2D eigenvalue weighted by Crippen LogP contribution is -2.16. The molecule has 0 aliphatic rings. The van der Waals surface area contributed by atoms with Crippen LogP contribution in [0.1, 0.15) is 44.7 Å². The molecular formula is C15H25N. The van der Waals surface area contributed by atoms with Gasteiger partial charge in [-0.15, -0.1) is 0 Å². The highest BCUT2D eigenvalue weighted by Crippen LogP contribution is 2.20. The average Bonchev–Trinajstić information content (AvgIpc) is 2.22. The average molecular weight is 219 g/mol. The van der Waals surface area contributed by atoms with Crippen molar-refractivity contribution >= 4 is 5.69 Å². The Bertz CT molecular complexity index is 328. The van der Waals surface area contributed by atoms with Crippen molar-refractivity contribution in [2.45, 2.75) is 53.5 Å². The number of hydrogen-bond donors (Lipinski definition) is 1. The Morgan fingerprint density at radius 2 is 1.75 bits per heavy atom. The molecule has 0 radical (unpaired) electrons. The number of hydrogen-bond acceptors (Lipinski definition) is 1. The van der Waals surface area contributed by atoms with Gasteiger partial charge in [-0.1, -0.05) is 26.0 Å². The highest BCUT2D eigenvalue weighted by molar-refractivity contribution is 5.54. The molecule has 1 N–H and O–H groups in total. The van der Waals surface area contributed by atoms with Gasteiger partial charge in [-0.05, 0) is 56.7 Å². The Labute approximate surface area is 100 Å². The van der Waals surface area contributed by atoms with Crippen molar-refractivity contribution in [3.05, 3.63) is 29.3 Å². The minimum atomic E-state index is 0.558. The van der Waals surface area contributed by atoms with Crippen LogP contribution in [-0.2, 0) is 0 Å². The molecule has 0 saturated carbocycles. The number of nitrogens with one attached hydrogen (secondary N) is 1. The van der Waals surface area contributed by atoms with E-state index in [2.05, 4.69) is 58.1 Å². The maximum atomic E-state index is 3.61. The molecule has 0 aliphatic heterocycles. The third kappa shape index (κ3) is 3.88. The lowest BCUT2D eigenvalue weighted by molar-refractivity contribution is 0.527. The maximum absolute atomic E-state index is 3.61. The summed E-state index contributed by atoms with van der Waals surface area (Å²) in [4.78, 5) is 0. The van der Waals surface area contributed by atoms with Gasteiger partial charge in [0.1, 0.15) is 0 Å². The van der Waals surface area contributed by atoms with E-state index in [1.807, 2.05) is 0 Å². The van der Waals surface area contributed by atoms with E-state index in [0.717, 1.165) is 5.92 Å². The van der Waals surface area contributed by atoms with Gasteiger partial charge in [-0.25, -0.2) is 0 Å². The maximum Gasteiger partial charge on any atom is 0.0374 e. The summed E-state index contributed by atoms with van der Waals surface area (Å²) < 4.78 is 0. The Kier molecular flexibility index (Phi) is 4.85. The van der Waals surface area contributed by atoms with Gasteiger partial charge in [-0.3, -0.25) is 0 Å². The summed E-state index contributed by atoms with van der Waals surface area (Å²) in [6.45, 7) is 11.2. The lowest BCUT2D eigenvalue weighted by Gasteiger charge is -2.18. The van der Waals surface area contributed by atoms with Crippen LogP contribution in [0.4, 0.5) is 5.69 Å². The van der Waals surface area contributed by atoms with E-state index in [1.165, 1.54) is 29.7 Å². The summed E-state index contributed by atoms with van der Waals surface area (Å²) in [7, 11) is 0. The second kappa shape index (κ2) is 5.93. The zero-order valence-corrected chi connectivity index (χ0v) is 11.3. The molecule has 1 atom stereocenters. The van der Waals surface area contributed by atoms with Gasteiger partial charge >= 0.3 is 0 Å². The molecule has 1 rings (SSSR count). The van der Waals surface area contributed by atoms with E-state index in [0.29, 0.717) is 6.04 Å². The van der Waals surface area contributed by atoms with Crippen LogP contribution in [0.3, 0.4) is 0 Å². The van der Waals surface area contributed by atoms with Crippen LogP contribution >= 0.6 is 0 Å². The fourth-order valence-corrected chi connectivity index (χ4v) is 1.83. The molecule has 1 heteroatoms. The smallest absolute Gasteiger partial charge is 0.0374 e. The number of anilines is 1. The van der Waals surface area contributed by atoms with Gasteiger partial charge in [0.25, 0.3) is 0 Å². The molecule has 1 aromatic rings. The van der Waals surface area contributed by atoms with E-state index in [1.54, 1.807) is 0 Å². The molecule has 0 aliphatic carbocycles. The predicted octanol–water partition coefficient (Wildman–Crippen LogP) is 4.54. The normalized spacial score (nSPS) is 12.9. The van der Waals surface area contributed by atoms with E-state index in [9.17, 15) is 0 Å². The predicted molar refractivity (Wildman–Crippen MR) is 73.1 cm³/mol. The van der Waals surface area contributed by atoms with Crippen molar-refractivity contribution in [1.29, 1.82) is 0 Å². The minimum absolute atomic E-state index is 0.558. The van der Waals surface area contributed by atoms with Gasteiger partial charge in [0.15, 0.2) is 0 Å². The van der Waals surface area contributed by atoms with Crippen molar-refractivity contribution in [3.8, 4) is 0 Å². The van der Waals surface area contributed by atoms with E-state index < -0.39 is 0 Å². The van der Waals surface area contributed by atoms with E-state index in [-0.39, 0.29) is 0 Å². The molecular weight excluding hydrogens is 194 g/mol. The van der Waals surface area contributed by atoms with Gasteiger partial charge in [0, 0.05) is 11.7 Å². The number of rotatable bonds is 5. The first kappa shape index (κ1) is 13.1. The molecule has 90 valence electrons. The van der Waals surface area contributed by atoms with Crippen LogP contribution in [0.5, 0.6) is 0 Å². The van der Waals surface area contributed by atoms with Crippen molar-refractivity contribution in [2.24, 2.45) is 5.92 Å². The molecule has 0 aromatic heterocycles. The van der Waals surface area contributed by atoms with E-state index >= 15 is 0 Å². The molecule has 1 nitrogen and oxygen atoms in total. The van der Waals surface area contributed by atoms with Crippen LogP contribution in [-0.4, -0.2) is 6.04 Å². The highest BCUT2D eigenvalue weighted by atomic mass is 14.9. The summed E-state index contributed by atoms with van der Waals surface area (Å²) in [5.74, 6) is 0.794. The topological polar surface area (TPSA) is 12.0 Å². The third-order valence-electron chi connectivity index (χ3n) is 3.18. The fourth-order valence-electron chi connectivity index (χ4n) is 1.83. The number of aryl methyl sites for hydroxylation is 1. The van der Waals surface area contributed by atoms with Crippen LogP contribution in [0.25, 0.3) is 0 Å². The van der Waals surface area contributed by atoms with Gasteiger partial charge in [-0.2, -0.15) is 0 Å². The largest absolute Gasteiger partial charge is 0.382 e. The first-order valence-electron chi connectivity index (χ1n) is 6.33. The Balaban J connectivity index is 2.56. The minimum Gasteiger partial charge on any atom is -0.382 e. The second-order valence-electron chi connectivity index (χ2n) is 5.26. The molecule has 1 unspecified atom stereocenters. The summed E-state index contributed by atoms with van der Waals surface area (Å²) in [6.07, 6.45) is 2.53. The number of benzene rings is 1. The van der Waals surface area contributed by atoms with Crippen molar-refractivity contribution in [3.63, 3.8) is 0 Å². The van der Waals surface area contributed by atoms with Gasteiger partial charge < -0.3 is 5.32 Å². The second-order valence-corrected chi connectivity index (χ2v) is 5.26. The zero-order valence-electron chi connectivity index (χ0n) is 11.3. The molecule has 0 heterocycles. The van der Waals surface area contributed by atoms with Crippen molar-refractivity contribution in [2.75, 3.05) is 5.32 Å². The summed E-state index contributed by atoms with van der Waals surface area (Å²) in [5.41, 5.74) is 4.02. The molecule has 1 aromatic carbocycles. The SMILES string of the molecule is Cc1cccc(NC(C)CCC(C)C)c1C. The fraction of sp³-hybridized carbons (Fsp3) is 0.600. The molecule has 0 fully saturated rings. The van der Waals surface area contributed by atoms with E-state index in [4.69, 9.17) is 0 Å². The van der Waals surface area contributed by atoms with Crippen molar-refractivity contribution < 1.29 is 0 Å². The Morgan fingerprint density at radius 3 is 2.38 bits per heavy atom. The molecule has 0 saturated heterocycles. The monoisotopic (exact) mass is 219 g/mol. The van der Waals surface area contributed by atoms with Crippen molar-refractivity contribution in [1.82, 2.24) is 0 Å². The molecule has 0 spiro atoms.